The lowest BCUT2D eigenvalue weighted by atomic mass is 10.0. The number of nitrogen functional groups attached to an aromatic ring is 1. The van der Waals surface area contributed by atoms with E-state index in [1.54, 1.807) is 27.8 Å². The number of hydrogen-bond donors (Lipinski definition) is 3. The Morgan fingerprint density at radius 2 is 0.846 bits per heavy atom. The van der Waals surface area contributed by atoms with E-state index in [4.69, 9.17) is 53.3 Å². The largest absolute Gasteiger partial charge is 0.397 e. The average molecular weight is 1030 g/mol. The van der Waals surface area contributed by atoms with Crippen LogP contribution in [0, 0.1) is 0 Å². The van der Waals surface area contributed by atoms with Crippen LogP contribution in [0.25, 0.3) is 0 Å². The molecule has 0 amide bonds. The highest BCUT2D eigenvalue weighted by atomic mass is 32.9. The molecule has 0 heterocycles. The van der Waals surface area contributed by atoms with Gasteiger partial charge in [-0.25, -0.2) is 5.84 Å². The van der Waals surface area contributed by atoms with Crippen molar-refractivity contribution in [2.45, 2.75) is 202 Å². The van der Waals surface area contributed by atoms with Crippen molar-refractivity contribution in [3.63, 3.8) is 0 Å². The van der Waals surface area contributed by atoms with Crippen molar-refractivity contribution in [2.75, 3.05) is 88.3 Å². The summed E-state index contributed by atoms with van der Waals surface area (Å²) in [4.78, 5) is 4.93. The van der Waals surface area contributed by atoms with Crippen LogP contribution in [0.1, 0.15) is 202 Å². The molecular weight excluding hydrogens is 927 g/mol. The molecule has 0 aliphatic carbocycles. The van der Waals surface area contributed by atoms with Crippen LogP contribution >= 0.6 is 34.2 Å². The maximum Gasteiger partial charge on any atom is 0.248 e. The van der Waals surface area contributed by atoms with Crippen molar-refractivity contribution in [1.29, 1.82) is 0 Å². The van der Waals surface area contributed by atoms with E-state index in [1.165, 1.54) is 103 Å². The van der Waals surface area contributed by atoms with Gasteiger partial charge < -0.3 is 29.1 Å². The van der Waals surface area contributed by atoms with Gasteiger partial charge in [0.25, 0.3) is 0 Å². The molecule has 1 rings (SSSR count). The van der Waals surface area contributed by atoms with Gasteiger partial charge in [0, 0.05) is 13.1 Å². The summed E-state index contributed by atoms with van der Waals surface area (Å²) in [6, 6.07) is 7.75. The van der Waals surface area contributed by atoms with Gasteiger partial charge in [-0.15, -0.1) is 0 Å². The molecule has 0 aliphatic rings. The van der Waals surface area contributed by atoms with Crippen LogP contribution in [0.15, 0.2) is 24.3 Å². The highest BCUT2D eigenvalue weighted by Crippen LogP contribution is 2.62. The molecule has 0 saturated carbocycles. The standard InChI is InChI=1S/C49H100N6O4P2S4/c1-6-11-16-17-18-19-20-21-22-23-24-25-26-27-28-31-38-53(46-64-60(62,56-41-12-7-2)57-42-13-8-3)39-32-36-52-37-33-40-54(45-55(51)49-35-30-29-34-48(49)50)47-65-61(63,58-43-14-9-4)59-44-15-10-5/h29-30,34-35,52H,6-28,31-33,36-47,50-51H2,1-5H3. The smallest absolute Gasteiger partial charge is 0.248 e. The molecule has 0 atom stereocenters. The zero-order valence-electron chi connectivity index (χ0n) is 42.3. The first-order valence-corrected chi connectivity index (χ1v) is 34.7. The molecule has 10 nitrogen and oxygen atoms in total. The van der Waals surface area contributed by atoms with E-state index in [0.29, 0.717) is 44.7 Å². The second kappa shape index (κ2) is 44.4. The van der Waals surface area contributed by atoms with Crippen molar-refractivity contribution in [3.8, 4) is 0 Å². The molecule has 0 aliphatic heterocycles. The first-order valence-electron chi connectivity index (χ1n) is 26.2. The maximum absolute atomic E-state index is 6.63. The predicted octanol–water partition coefficient (Wildman–Crippen LogP) is 15.2. The quantitative estimate of drug-likeness (QED) is 0.0144. The maximum atomic E-state index is 6.63. The Hall–Kier alpha value is 0.500. The van der Waals surface area contributed by atoms with Gasteiger partial charge in [0.15, 0.2) is 0 Å². The van der Waals surface area contributed by atoms with Crippen LogP contribution in [0.4, 0.5) is 11.4 Å². The third-order valence-corrected chi connectivity index (χ3v) is 22.0. The summed E-state index contributed by atoms with van der Waals surface area (Å²) < 4.78 is 25.1. The van der Waals surface area contributed by atoms with Crippen LogP contribution in [0.2, 0.25) is 0 Å². The minimum atomic E-state index is -2.50. The fraction of sp³-hybridized carbons (Fsp3) is 0.878. The van der Waals surface area contributed by atoms with Crippen LogP contribution in [-0.4, -0.2) is 87.4 Å². The van der Waals surface area contributed by atoms with E-state index in [1.807, 2.05) is 24.3 Å². The van der Waals surface area contributed by atoms with Crippen molar-refractivity contribution in [2.24, 2.45) is 5.84 Å². The second-order valence-corrected chi connectivity index (χ2v) is 30.2. The third-order valence-electron chi connectivity index (χ3n) is 11.4. The summed E-state index contributed by atoms with van der Waals surface area (Å²) in [6.07, 6.45) is 32.5. The highest BCUT2D eigenvalue weighted by molar-refractivity contribution is 8.68. The molecule has 0 spiro atoms. The third kappa shape index (κ3) is 36.1. The second-order valence-electron chi connectivity index (χ2n) is 17.6. The van der Waals surface area contributed by atoms with Gasteiger partial charge in [-0.2, -0.15) is 0 Å². The van der Waals surface area contributed by atoms with Gasteiger partial charge in [-0.1, -0.05) is 192 Å². The number of rotatable bonds is 50. The van der Waals surface area contributed by atoms with E-state index < -0.39 is 11.4 Å². The number of hydrogen-bond acceptors (Lipinski definition) is 14. The zero-order chi connectivity index (χ0) is 47.5. The van der Waals surface area contributed by atoms with Crippen molar-refractivity contribution in [3.05, 3.63) is 24.3 Å². The van der Waals surface area contributed by atoms with E-state index >= 15 is 0 Å². The number of nitrogens with two attached hydrogens (primary N) is 2. The van der Waals surface area contributed by atoms with Crippen molar-refractivity contribution in [1.82, 2.24) is 15.1 Å². The van der Waals surface area contributed by atoms with Crippen molar-refractivity contribution < 1.29 is 18.1 Å². The first kappa shape index (κ1) is 63.5. The van der Waals surface area contributed by atoms with Gasteiger partial charge in [0.2, 0.25) is 11.4 Å². The molecule has 0 aromatic heterocycles. The monoisotopic (exact) mass is 1030 g/mol. The Labute approximate surface area is 419 Å². The number of nitrogens with one attached hydrogen (secondary N) is 1. The number of unbranched alkanes of at least 4 members (excludes halogenated alkanes) is 19. The number of anilines is 2. The topological polar surface area (TPSA) is 111 Å². The number of para-hydroxylation sites is 2. The Bertz CT molecular complexity index is 1290. The highest BCUT2D eigenvalue weighted by Gasteiger charge is 2.24. The summed E-state index contributed by atoms with van der Waals surface area (Å²) in [5.74, 6) is 8.16. The summed E-state index contributed by atoms with van der Waals surface area (Å²) in [7, 11) is 0. The van der Waals surface area contributed by atoms with Gasteiger partial charge >= 0.3 is 0 Å². The number of nitrogens with zero attached hydrogens (tertiary/aromatic N) is 3. The summed E-state index contributed by atoms with van der Waals surface area (Å²) >= 11 is 15.5. The Morgan fingerprint density at radius 3 is 1.26 bits per heavy atom. The molecule has 65 heavy (non-hydrogen) atoms. The predicted molar refractivity (Wildman–Crippen MR) is 299 cm³/mol. The van der Waals surface area contributed by atoms with Crippen molar-refractivity contribution >= 4 is 69.1 Å². The molecule has 16 heteroatoms. The van der Waals surface area contributed by atoms with E-state index in [-0.39, 0.29) is 0 Å². The lowest BCUT2D eigenvalue weighted by Crippen LogP contribution is -2.43. The first-order chi connectivity index (χ1) is 31.7. The molecular formula is C49H100N6O4P2S4. The van der Waals surface area contributed by atoms with Gasteiger partial charge in [-0.05, 0) is 100 Å². The van der Waals surface area contributed by atoms with Crippen LogP contribution in [-0.2, 0) is 41.7 Å². The lowest BCUT2D eigenvalue weighted by molar-refractivity contribution is 0.252. The molecule has 1 aromatic rings. The fourth-order valence-corrected chi connectivity index (χ4v) is 15.4. The molecule has 0 saturated heterocycles. The van der Waals surface area contributed by atoms with E-state index in [2.05, 4.69) is 49.7 Å². The van der Waals surface area contributed by atoms with Crippen LogP contribution < -0.4 is 21.9 Å². The summed E-state index contributed by atoms with van der Waals surface area (Å²) in [5, 5.41) is 5.47. The van der Waals surface area contributed by atoms with Crippen LogP contribution in [0.3, 0.4) is 0 Å². The minimum Gasteiger partial charge on any atom is -0.397 e. The molecule has 1 aromatic carbocycles. The van der Waals surface area contributed by atoms with Gasteiger partial charge in [0.05, 0.1) is 56.2 Å². The zero-order valence-corrected chi connectivity index (χ0v) is 47.4. The number of hydrazine groups is 1. The molecule has 5 N–H and O–H groups in total. The Kier molecular flexibility index (Phi) is 43.4. The SMILES string of the molecule is CCCCCCCCCCCCCCCCCCN(CCCNCCCN(CSP(=S)(OCCCC)OCCCC)CN(N)c1ccccc1N)CSP(=S)(OCCCC)OCCCC. The van der Waals surface area contributed by atoms with Gasteiger partial charge in [-0.3, -0.25) is 14.8 Å². The number of benzene rings is 1. The molecule has 0 unspecified atom stereocenters. The van der Waals surface area contributed by atoms with E-state index in [0.717, 1.165) is 108 Å². The normalized spacial score (nSPS) is 12.3. The lowest BCUT2D eigenvalue weighted by Gasteiger charge is -2.31. The molecule has 384 valence electrons. The van der Waals surface area contributed by atoms with E-state index in [9.17, 15) is 0 Å². The Morgan fingerprint density at radius 1 is 0.492 bits per heavy atom. The Balaban J connectivity index is 2.71. The minimum absolute atomic E-state index is 0.518. The summed E-state index contributed by atoms with van der Waals surface area (Å²) in [6.45, 7) is 19.0. The molecule has 0 bridgehead atoms. The van der Waals surface area contributed by atoms with Crippen LogP contribution in [0.5, 0.6) is 0 Å². The molecule has 0 fully saturated rings. The fourth-order valence-electron chi connectivity index (χ4n) is 7.13. The average Bonchev–Trinajstić information content (AvgIpc) is 3.29. The van der Waals surface area contributed by atoms with Gasteiger partial charge in [0.1, 0.15) is 0 Å². The summed E-state index contributed by atoms with van der Waals surface area (Å²) in [5.41, 5.74) is 2.91. The molecule has 0 radical (unpaired) electrons.